The van der Waals surface area contributed by atoms with Gasteiger partial charge in [0.05, 0.1) is 15.6 Å². The van der Waals surface area contributed by atoms with Crippen LogP contribution in [0.25, 0.3) is 11.3 Å². The molecule has 2 amide bonds. The molecule has 0 unspecified atom stereocenters. The molecule has 0 atom stereocenters. The Morgan fingerprint density at radius 1 is 1.12 bits per heavy atom. The van der Waals surface area contributed by atoms with E-state index in [-0.39, 0.29) is 11.8 Å². The molecule has 3 rings (SSSR count). The Balaban J connectivity index is 1.55. The van der Waals surface area contributed by atoms with Crippen LogP contribution < -0.4 is 10.6 Å². The Morgan fingerprint density at radius 2 is 1.92 bits per heavy atom. The van der Waals surface area contributed by atoms with Crippen LogP contribution in [0.2, 0.25) is 0 Å². The first kappa shape index (κ1) is 17.3. The number of rotatable bonds is 6. The van der Waals surface area contributed by atoms with Crippen LogP contribution in [0.15, 0.2) is 47.2 Å². The van der Waals surface area contributed by atoms with E-state index in [4.69, 9.17) is 0 Å². The molecule has 0 fully saturated rings. The van der Waals surface area contributed by atoms with Gasteiger partial charge in [0.1, 0.15) is 0 Å². The Kier molecular flexibility index (Phi) is 5.57. The minimum Gasteiger partial charge on any atom is -0.351 e. The van der Waals surface area contributed by atoms with Crippen LogP contribution in [0.5, 0.6) is 0 Å². The molecule has 0 aliphatic heterocycles. The molecular formula is C18H17N3O2S2. The maximum Gasteiger partial charge on any atom is 0.261 e. The van der Waals surface area contributed by atoms with Crippen molar-refractivity contribution in [3.05, 3.63) is 57.0 Å². The van der Waals surface area contributed by atoms with Crippen molar-refractivity contribution in [3.8, 4) is 11.3 Å². The number of anilines is 1. The summed E-state index contributed by atoms with van der Waals surface area (Å²) in [5, 5.41) is 10.5. The number of amides is 2. The molecule has 0 spiro atoms. The van der Waals surface area contributed by atoms with Crippen LogP contribution in [0, 0.1) is 0 Å². The highest BCUT2D eigenvalue weighted by Crippen LogP contribution is 2.23. The highest BCUT2D eigenvalue weighted by atomic mass is 32.1. The van der Waals surface area contributed by atoms with Crippen molar-refractivity contribution in [2.75, 3.05) is 11.9 Å². The summed E-state index contributed by atoms with van der Waals surface area (Å²) in [5.41, 5.74) is 2.67. The Bertz CT molecular complexity index is 855. The molecule has 1 aromatic carbocycles. The standard InChI is InChI=1S/C18H17N3O2S2/c1-12(22)20-14-6-4-13(5-7-14)15-11-25-17(21-15)8-9-19-18(23)16-3-2-10-24-16/h2-7,10-11H,8-9H2,1H3,(H,19,23)(H,20,22). The molecule has 25 heavy (non-hydrogen) atoms. The van der Waals surface area contributed by atoms with Gasteiger partial charge < -0.3 is 10.6 Å². The number of carbonyl (C=O) groups is 2. The average Bonchev–Trinajstić information content (AvgIpc) is 3.27. The fourth-order valence-corrected chi connectivity index (χ4v) is 3.71. The maximum absolute atomic E-state index is 11.9. The number of carbonyl (C=O) groups excluding carboxylic acids is 2. The lowest BCUT2D eigenvalue weighted by Gasteiger charge is -2.03. The summed E-state index contributed by atoms with van der Waals surface area (Å²) in [4.78, 5) is 28.3. The zero-order chi connectivity index (χ0) is 17.6. The highest BCUT2D eigenvalue weighted by Gasteiger charge is 2.08. The van der Waals surface area contributed by atoms with Gasteiger partial charge in [0.15, 0.2) is 0 Å². The smallest absolute Gasteiger partial charge is 0.261 e. The van der Waals surface area contributed by atoms with Gasteiger partial charge in [0, 0.05) is 36.5 Å². The molecule has 5 nitrogen and oxygen atoms in total. The number of nitrogens with zero attached hydrogens (tertiary/aromatic N) is 1. The largest absolute Gasteiger partial charge is 0.351 e. The van der Waals surface area contributed by atoms with Crippen molar-refractivity contribution in [2.45, 2.75) is 13.3 Å². The topological polar surface area (TPSA) is 71.1 Å². The van der Waals surface area contributed by atoms with E-state index >= 15 is 0 Å². The van der Waals surface area contributed by atoms with Gasteiger partial charge >= 0.3 is 0 Å². The number of thiophene rings is 1. The molecule has 0 aliphatic carbocycles. The SMILES string of the molecule is CC(=O)Nc1ccc(-c2csc(CCNC(=O)c3cccs3)n2)cc1. The van der Waals surface area contributed by atoms with Gasteiger partial charge in [-0.25, -0.2) is 4.98 Å². The summed E-state index contributed by atoms with van der Waals surface area (Å²) in [7, 11) is 0. The molecule has 0 aliphatic rings. The third-order valence-corrected chi connectivity index (χ3v) is 5.20. The van der Waals surface area contributed by atoms with Gasteiger partial charge in [-0.3, -0.25) is 9.59 Å². The zero-order valence-electron chi connectivity index (χ0n) is 13.6. The summed E-state index contributed by atoms with van der Waals surface area (Å²) < 4.78 is 0. The minimum atomic E-state index is -0.0895. The van der Waals surface area contributed by atoms with Crippen molar-refractivity contribution < 1.29 is 9.59 Å². The molecule has 0 saturated heterocycles. The third-order valence-electron chi connectivity index (χ3n) is 3.42. The molecule has 0 saturated carbocycles. The van der Waals surface area contributed by atoms with Crippen LogP contribution in [0.1, 0.15) is 21.6 Å². The molecule has 2 heterocycles. The summed E-state index contributed by atoms with van der Waals surface area (Å²) in [6.45, 7) is 2.04. The minimum absolute atomic E-state index is 0.0414. The van der Waals surface area contributed by atoms with Crippen LogP contribution in [-0.2, 0) is 11.2 Å². The van der Waals surface area contributed by atoms with Gasteiger partial charge in [-0.1, -0.05) is 18.2 Å². The first-order valence-electron chi connectivity index (χ1n) is 7.76. The molecule has 128 valence electrons. The lowest BCUT2D eigenvalue weighted by atomic mass is 10.1. The lowest BCUT2D eigenvalue weighted by Crippen LogP contribution is -2.24. The van der Waals surface area contributed by atoms with E-state index in [1.54, 1.807) is 11.3 Å². The van der Waals surface area contributed by atoms with Gasteiger partial charge in [0.2, 0.25) is 5.91 Å². The van der Waals surface area contributed by atoms with E-state index in [2.05, 4.69) is 15.6 Å². The molecule has 7 heteroatoms. The van der Waals surface area contributed by atoms with Gasteiger partial charge in [-0.05, 0) is 23.6 Å². The Labute approximate surface area is 153 Å². The summed E-state index contributed by atoms with van der Waals surface area (Å²) >= 11 is 3.01. The Morgan fingerprint density at radius 3 is 2.60 bits per heavy atom. The van der Waals surface area contributed by atoms with Crippen molar-refractivity contribution >= 4 is 40.2 Å². The van der Waals surface area contributed by atoms with E-state index in [1.165, 1.54) is 18.3 Å². The molecular weight excluding hydrogens is 354 g/mol. The van der Waals surface area contributed by atoms with Gasteiger partial charge in [-0.15, -0.1) is 22.7 Å². The molecule has 2 aromatic heterocycles. The number of hydrogen-bond acceptors (Lipinski definition) is 5. The number of aromatic nitrogens is 1. The summed E-state index contributed by atoms with van der Waals surface area (Å²) in [5.74, 6) is -0.131. The molecule has 0 bridgehead atoms. The zero-order valence-corrected chi connectivity index (χ0v) is 15.2. The van der Waals surface area contributed by atoms with Crippen molar-refractivity contribution in [1.82, 2.24) is 10.3 Å². The lowest BCUT2D eigenvalue weighted by molar-refractivity contribution is -0.114. The first-order valence-corrected chi connectivity index (χ1v) is 9.52. The number of hydrogen-bond donors (Lipinski definition) is 2. The van der Waals surface area contributed by atoms with E-state index in [1.807, 2.05) is 47.2 Å². The molecule has 2 N–H and O–H groups in total. The highest BCUT2D eigenvalue weighted by molar-refractivity contribution is 7.12. The van der Waals surface area contributed by atoms with Crippen LogP contribution >= 0.6 is 22.7 Å². The fourth-order valence-electron chi connectivity index (χ4n) is 2.26. The molecule has 3 aromatic rings. The third kappa shape index (κ3) is 4.74. The van der Waals surface area contributed by atoms with Crippen LogP contribution in [-0.4, -0.2) is 23.3 Å². The second-order valence-corrected chi connectivity index (χ2v) is 7.26. The van der Waals surface area contributed by atoms with E-state index in [0.717, 1.165) is 26.8 Å². The van der Waals surface area contributed by atoms with E-state index in [0.29, 0.717) is 13.0 Å². The number of benzene rings is 1. The van der Waals surface area contributed by atoms with Crippen LogP contribution in [0.3, 0.4) is 0 Å². The molecule has 0 radical (unpaired) electrons. The summed E-state index contributed by atoms with van der Waals surface area (Å²) in [6.07, 6.45) is 0.700. The first-order chi connectivity index (χ1) is 12.1. The predicted octanol–water partition coefficient (Wildman–Crippen LogP) is 3.80. The van der Waals surface area contributed by atoms with Crippen molar-refractivity contribution in [3.63, 3.8) is 0 Å². The summed E-state index contributed by atoms with van der Waals surface area (Å²) in [6, 6.07) is 11.3. The normalized spacial score (nSPS) is 10.4. The van der Waals surface area contributed by atoms with E-state index < -0.39 is 0 Å². The monoisotopic (exact) mass is 371 g/mol. The number of nitrogens with one attached hydrogen (secondary N) is 2. The van der Waals surface area contributed by atoms with E-state index in [9.17, 15) is 9.59 Å². The van der Waals surface area contributed by atoms with Crippen LogP contribution in [0.4, 0.5) is 5.69 Å². The average molecular weight is 371 g/mol. The Hall–Kier alpha value is -2.51. The maximum atomic E-state index is 11.9. The number of thiazole rings is 1. The predicted molar refractivity (Wildman–Crippen MR) is 102 cm³/mol. The van der Waals surface area contributed by atoms with Crippen molar-refractivity contribution in [1.29, 1.82) is 0 Å². The fraction of sp³-hybridized carbons (Fsp3) is 0.167. The van der Waals surface area contributed by atoms with Crippen molar-refractivity contribution in [2.24, 2.45) is 0 Å². The van der Waals surface area contributed by atoms with Gasteiger partial charge in [-0.2, -0.15) is 0 Å². The quantitative estimate of drug-likeness (QED) is 0.692. The second kappa shape index (κ2) is 8.04. The second-order valence-electron chi connectivity index (χ2n) is 5.37. The van der Waals surface area contributed by atoms with Gasteiger partial charge in [0.25, 0.3) is 5.91 Å².